The van der Waals surface area contributed by atoms with Gasteiger partial charge in [-0.1, -0.05) is 17.2 Å². The zero-order valence-electron chi connectivity index (χ0n) is 12.0. The summed E-state index contributed by atoms with van der Waals surface area (Å²) in [6, 6.07) is 2.33. The van der Waals surface area contributed by atoms with Crippen molar-refractivity contribution in [2.24, 2.45) is 0 Å². The summed E-state index contributed by atoms with van der Waals surface area (Å²) in [6.45, 7) is 5.58. The van der Waals surface area contributed by atoms with E-state index in [1.807, 2.05) is 0 Å². The average molecular weight is 312 g/mol. The lowest BCUT2D eigenvalue weighted by Gasteiger charge is -2.16. The Hall–Kier alpha value is -1.88. The van der Waals surface area contributed by atoms with E-state index in [0.29, 0.717) is 12.2 Å². The normalized spacial score (nSPS) is 14.9. The number of hydrogen-bond donors (Lipinski definition) is 0. The monoisotopic (exact) mass is 311 g/mol. The van der Waals surface area contributed by atoms with E-state index in [1.54, 1.807) is 20.8 Å². The lowest BCUT2D eigenvalue weighted by atomic mass is 10.1. The summed E-state index contributed by atoms with van der Waals surface area (Å²) in [5.74, 6) is -1.45. The quantitative estimate of drug-likeness (QED) is 0.634. The summed E-state index contributed by atoms with van der Waals surface area (Å²) in [5, 5.41) is 0.0969. The van der Waals surface area contributed by atoms with Crippen LogP contribution >= 0.6 is 11.6 Å². The smallest absolute Gasteiger partial charge is 0.261 e. The number of hydrogen-bond acceptors (Lipinski definition) is 3. The van der Waals surface area contributed by atoms with Crippen LogP contribution in [0.25, 0.3) is 0 Å². The highest BCUT2D eigenvalue weighted by Crippen LogP contribution is 2.36. The number of imide groups is 1. The molecule has 4 nitrogen and oxygen atoms in total. The molecule has 0 unspecified atom stereocenters. The highest BCUT2D eigenvalue weighted by Gasteiger charge is 2.37. The van der Waals surface area contributed by atoms with Crippen molar-refractivity contribution in [2.75, 3.05) is 11.5 Å². The van der Waals surface area contributed by atoms with Gasteiger partial charge in [0.15, 0.2) is 0 Å². The Morgan fingerprint density at radius 3 is 2.57 bits per heavy atom. The molecule has 21 heavy (non-hydrogen) atoms. The van der Waals surface area contributed by atoms with Crippen molar-refractivity contribution in [3.05, 3.63) is 34.1 Å². The molecule has 0 spiro atoms. The molecular weight excluding hydrogens is 297 g/mol. The topological polar surface area (TPSA) is 46.6 Å². The fourth-order valence-corrected chi connectivity index (χ4v) is 2.35. The molecule has 1 aromatic carbocycles. The van der Waals surface area contributed by atoms with Crippen LogP contribution < -0.4 is 9.64 Å². The first-order chi connectivity index (χ1) is 9.86. The number of benzene rings is 1. The van der Waals surface area contributed by atoms with E-state index in [-0.39, 0.29) is 22.9 Å². The number of allylic oxidation sites excluding steroid dienone is 1. The first-order valence-electron chi connectivity index (χ1n) is 6.52. The molecule has 112 valence electrons. The predicted octanol–water partition coefficient (Wildman–Crippen LogP) is 3.48. The first-order valence-corrected chi connectivity index (χ1v) is 6.90. The van der Waals surface area contributed by atoms with Crippen LogP contribution in [0.2, 0.25) is 5.02 Å². The summed E-state index contributed by atoms with van der Waals surface area (Å²) < 4.78 is 19.4. The second-order valence-corrected chi connectivity index (χ2v) is 5.26. The molecule has 0 atom stereocenters. The third-order valence-electron chi connectivity index (χ3n) is 3.18. The fraction of sp³-hybridized carbons (Fsp3) is 0.333. The molecule has 1 fully saturated rings. The number of ether oxygens (including phenoxy) is 1. The molecule has 0 saturated carbocycles. The number of carbonyl (C=O) groups excluding carboxylic acids is 2. The van der Waals surface area contributed by atoms with Crippen molar-refractivity contribution in [1.82, 2.24) is 0 Å². The molecule has 1 heterocycles. The van der Waals surface area contributed by atoms with Crippen molar-refractivity contribution in [3.63, 3.8) is 0 Å². The van der Waals surface area contributed by atoms with E-state index < -0.39 is 17.6 Å². The summed E-state index contributed by atoms with van der Waals surface area (Å²) in [6.07, 6.45) is -0.0206. The standard InChI is InChI=1S/C15H15ClFNO3/c1-4-21-13-7-12(11(17)6-10(13)16)18-14(19)5-9(8(2)3)15(18)20/h6-7H,4-5H2,1-3H3. The van der Waals surface area contributed by atoms with Gasteiger partial charge in [0.05, 0.1) is 23.7 Å². The third kappa shape index (κ3) is 2.78. The van der Waals surface area contributed by atoms with E-state index >= 15 is 0 Å². The van der Waals surface area contributed by atoms with Gasteiger partial charge in [-0.25, -0.2) is 9.29 Å². The maximum absolute atomic E-state index is 14.1. The van der Waals surface area contributed by atoms with Crippen molar-refractivity contribution in [1.29, 1.82) is 0 Å². The van der Waals surface area contributed by atoms with Gasteiger partial charge < -0.3 is 4.74 Å². The van der Waals surface area contributed by atoms with E-state index in [0.717, 1.165) is 16.5 Å². The van der Waals surface area contributed by atoms with Gasteiger partial charge >= 0.3 is 0 Å². The number of amides is 2. The van der Waals surface area contributed by atoms with E-state index in [4.69, 9.17) is 16.3 Å². The zero-order chi connectivity index (χ0) is 15.7. The molecule has 2 amide bonds. The van der Waals surface area contributed by atoms with E-state index in [9.17, 15) is 14.0 Å². The molecular formula is C15H15ClFNO3. The second-order valence-electron chi connectivity index (χ2n) is 4.86. The van der Waals surface area contributed by atoms with Gasteiger partial charge in [-0.2, -0.15) is 0 Å². The highest BCUT2D eigenvalue weighted by molar-refractivity contribution is 6.32. The summed E-state index contributed by atoms with van der Waals surface area (Å²) in [5.41, 5.74) is 1.01. The molecule has 0 aromatic heterocycles. The summed E-state index contributed by atoms with van der Waals surface area (Å²) >= 11 is 5.88. The Morgan fingerprint density at radius 2 is 2.05 bits per heavy atom. The van der Waals surface area contributed by atoms with Crippen molar-refractivity contribution in [3.8, 4) is 5.75 Å². The van der Waals surface area contributed by atoms with Gasteiger partial charge in [0.25, 0.3) is 5.91 Å². The van der Waals surface area contributed by atoms with Crippen molar-refractivity contribution >= 4 is 29.1 Å². The fourth-order valence-electron chi connectivity index (χ4n) is 2.14. The largest absolute Gasteiger partial charge is 0.492 e. The molecule has 1 aliphatic rings. The molecule has 6 heteroatoms. The van der Waals surface area contributed by atoms with Crippen LogP contribution in [0.1, 0.15) is 27.2 Å². The van der Waals surface area contributed by atoms with Crippen LogP contribution in [0.5, 0.6) is 5.75 Å². The van der Waals surface area contributed by atoms with Crippen molar-refractivity contribution in [2.45, 2.75) is 27.2 Å². The Bertz CT molecular complexity index is 651. The third-order valence-corrected chi connectivity index (χ3v) is 3.48. The van der Waals surface area contributed by atoms with Gasteiger partial charge in [-0.05, 0) is 26.8 Å². The second kappa shape index (κ2) is 5.85. The van der Waals surface area contributed by atoms with E-state index in [2.05, 4.69) is 0 Å². The Morgan fingerprint density at radius 1 is 1.38 bits per heavy atom. The highest BCUT2D eigenvalue weighted by atomic mass is 35.5. The van der Waals surface area contributed by atoms with Crippen LogP contribution in [0.3, 0.4) is 0 Å². The summed E-state index contributed by atoms with van der Waals surface area (Å²) in [7, 11) is 0. The van der Waals surface area contributed by atoms with Gasteiger partial charge in [0.2, 0.25) is 5.91 Å². The molecule has 0 radical (unpaired) electrons. The molecule has 0 N–H and O–H groups in total. The predicted molar refractivity (Wildman–Crippen MR) is 78.1 cm³/mol. The minimum Gasteiger partial charge on any atom is -0.492 e. The lowest BCUT2D eigenvalue weighted by molar-refractivity contribution is -0.120. The van der Waals surface area contributed by atoms with Crippen LogP contribution in [0.4, 0.5) is 10.1 Å². The number of halogens is 2. The SMILES string of the molecule is CCOc1cc(N2C(=O)CC(=C(C)C)C2=O)c(F)cc1Cl. The van der Waals surface area contributed by atoms with Crippen LogP contribution in [-0.4, -0.2) is 18.4 Å². The Labute approximate surface area is 127 Å². The number of anilines is 1. The molecule has 2 rings (SSSR count). The zero-order valence-corrected chi connectivity index (χ0v) is 12.8. The maximum atomic E-state index is 14.1. The molecule has 1 aromatic rings. The Kier molecular flexibility index (Phi) is 4.32. The summed E-state index contributed by atoms with van der Waals surface area (Å²) in [4.78, 5) is 25.2. The maximum Gasteiger partial charge on any atom is 0.261 e. The van der Waals surface area contributed by atoms with Gasteiger partial charge in [-0.15, -0.1) is 0 Å². The molecule has 0 bridgehead atoms. The molecule has 0 aliphatic carbocycles. The number of carbonyl (C=O) groups is 2. The van der Waals surface area contributed by atoms with E-state index in [1.165, 1.54) is 6.07 Å². The minimum absolute atomic E-state index is 0.0206. The van der Waals surface area contributed by atoms with Crippen LogP contribution in [0, 0.1) is 5.82 Å². The van der Waals surface area contributed by atoms with Gasteiger partial charge in [0.1, 0.15) is 11.6 Å². The molecule has 1 aliphatic heterocycles. The van der Waals surface area contributed by atoms with Crippen LogP contribution in [-0.2, 0) is 9.59 Å². The Balaban J connectivity index is 2.52. The van der Waals surface area contributed by atoms with Crippen LogP contribution in [0.15, 0.2) is 23.3 Å². The number of rotatable bonds is 3. The van der Waals surface area contributed by atoms with Crippen molar-refractivity contribution < 1.29 is 18.7 Å². The first kappa shape index (κ1) is 15.5. The number of nitrogens with zero attached hydrogens (tertiary/aromatic N) is 1. The molecule has 1 saturated heterocycles. The minimum atomic E-state index is -0.736. The van der Waals surface area contributed by atoms with Gasteiger partial charge in [-0.3, -0.25) is 9.59 Å². The lowest BCUT2D eigenvalue weighted by Crippen LogP contribution is -2.30. The van der Waals surface area contributed by atoms with Gasteiger partial charge in [0, 0.05) is 11.6 Å². The average Bonchev–Trinajstić information content (AvgIpc) is 2.69.